The van der Waals surface area contributed by atoms with Gasteiger partial charge in [-0.25, -0.2) is 4.39 Å². The van der Waals surface area contributed by atoms with Crippen LogP contribution in [-0.4, -0.2) is 0 Å². The maximum absolute atomic E-state index is 13.2. The lowest BCUT2D eigenvalue weighted by molar-refractivity contribution is 0.629. The molecule has 0 spiro atoms. The zero-order valence-electron chi connectivity index (χ0n) is 8.87. The maximum Gasteiger partial charge on any atom is 0.143 e. The molecule has 0 heterocycles. The van der Waals surface area contributed by atoms with Crippen molar-refractivity contribution in [1.29, 1.82) is 0 Å². The smallest absolute Gasteiger partial charge is 0.143 e. The lowest BCUT2D eigenvalue weighted by Crippen LogP contribution is -1.97. The number of benzene rings is 2. The van der Waals surface area contributed by atoms with Gasteiger partial charge >= 0.3 is 0 Å². The Morgan fingerprint density at radius 3 is 2.24 bits per heavy atom. The number of hydrogen-bond donors (Lipinski definition) is 3. The van der Waals surface area contributed by atoms with E-state index in [-0.39, 0.29) is 5.02 Å². The molecule has 2 aromatic rings. The summed E-state index contributed by atoms with van der Waals surface area (Å²) >= 11 is 5.59. The van der Waals surface area contributed by atoms with E-state index in [1.807, 2.05) is 0 Å². The van der Waals surface area contributed by atoms with E-state index in [0.717, 1.165) is 5.69 Å². The molecule has 2 aromatic carbocycles. The van der Waals surface area contributed by atoms with Crippen LogP contribution in [-0.2, 0) is 0 Å². The largest absolute Gasteiger partial charge is 0.397 e. The van der Waals surface area contributed by atoms with Crippen LogP contribution in [0.5, 0.6) is 0 Å². The zero-order chi connectivity index (χ0) is 12.4. The molecule has 0 saturated carbocycles. The second-order valence-corrected chi connectivity index (χ2v) is 4.00. The first-order valence-electron chi connectivity index (χ1n) is 4.93. The second kappa shape index (κ2) is 4.51. The van der Waals surface area contributed by atoms with Gasteiger partial charge in [0.2, 0.25) is 0 Å². The molecule has 0 amide bonds. The summed E-state index contributed by atoms with van der Waals surface area (Å²) in [5.74, 6) is -0.472. The summed E-state index contributed by atoms with van der Waals surface area (Å²) in [4.78, 5) is 0. The van der Waals surface area contributed by atoms with Gasteiger partial charge < -0.3 is 16.8 Å². The molecule has 0 radical (unpaired) electrons. The molecule has 2 rings (SSSR count). The second-order valence-electron chi connectivity index (χ2n) is 3.60. The highest BCUT2D eigenvalue weighted by molar-refractivity contribution is 6.30. The van der Waals surface area contributed by atoms with Crippen molar-refractivity contribution in [2.45, 2.75) is 0 Å². The molecule has 88 valence electrons. The van der Waals surface area contributed by atoms with Crippen LogP contribution in [0.3, 0.4) is 0 Å². The van der Waals surface area contributed by atoms with Crippen LogP contribution in [0.2, 0.25) is 5.02 Å². The molecule has 0 bridgehead atoms. The van der Waals surface area contributed by atoms with Gasteiger partial charge in [0.1, 0.15) is 5.82 Å². The van der Waals surface area contributed by atoms with Crippen molar-refractivity contribution >= 4 is 34.4 Å². The summed E-state index contributed by atoms with van der Waals surface area (Å²) in [5.41, 5.74) is 13.6. The number of hydrogen-bond acceptors (Lipinski definition) is 3. The first-order valence-corrected chi connectivity index (χ1v) is 5.31. The minimum absolute atomic E-state index is 0.0902. The number of nitrogens with one attached hydrogen (secondary N) is 1. The van der Waals surface area contributed by atoms with E-state index in [0.29, 0.717) is 17.1 Å². The lowest BCUT2D eigenvalue weighted by Gasteiger charge is -2.08. The molecule has 5 N–H and O–H groups in total. The summed E-state index contributed by atoms with van der Waals surface area (Å²) in [6, 6.07) is 9.61. The van der Waals surface area contributed by atoms with Crippen molar-refractivity contribution in [2.24, 2.45) is 0 Å². The minimum atomic E-state index is -0.472. The Labute approximate surface area is 103 Å². The van der Waals surface area contributed by atoms with Crippen LogP contribution in [0.4, 0.5) is 27.1 Å². The Morgan fingerprint density at radius 1 is 0.941 bits per heavy atom. The highest BCUT2D eigenvalue weighted by atomic mass is 35.5. The fourth-order valence-corrected chi connectivity index (χ4v) is 1.51. The molecule has 0 saturated heterocycles. The quantitative estimate of drug-likeness (QED) is 0.717. The van der Waals surface area contributed by atoms with E-state index < -0.39 is 5.82 Å². The fourth-order valence-electron chi connectivity index (χ4n) is 1.39. The normalized spacial score (nSPS) is 10.2. The average Bonchev–Trinajstić information content (AvgIpc) is 2.29. The number of anilines is 4. The van der Waals surface area contributed by atoms with Crippen molar-refractivity contribution in [3.05, 3.63) is 47.2 Å². The Bertz CT molecular complexity index is 508. The van der Waals surface area contributed by atoms with Gasteiger partial charge in [0, 0.05) is 11.4 Å². The summed E-state index contributed by atoms with van der Waals surface area (Å²) in [6.07, 6.45) is 0. The molecular weight excluding hydrogens is 241 g/mol. The summed E-state index contributed by atoms with van der Waals surface area (Å²) in [5, 5.41) is 3.10. The molecular formula is C12H11ClFN3. The van der Waals surface area contributed by atoms with E-state index >= 15 is 0 Å². The summed E-state index contributed by atoms with van der Waals surface area (Å²) in [7, 11) is 0. The molecule has 0 aromatic heterocycles. The molecule has 17 heavy (non-hydrogen) atoms. The molecule has 0 aliphatic heterocycles. The zero-order valence-corrected chi connectivity index (χ0v) is 9.63. The first-order chi connectivity index (χ1) is 8.06. The van der Waals surface area contributed by atoms with Crippen molar-refractivity contribution in [3.63, 3.8) is 0 Å². The first kappa shape index (κ1) is 11.5. The van der Waals surface area contributed by atoms with Crippen molar-refractivity contribution in [1.82, 2.24) is 0 Å². The van der Waals surface area contributed by atoms with Gasteiger partial charge in [-0.1, -0.05) is 11.6 Å². The van der Waals surface area contributed by atoms with Crippen molar-refractivity contribution in [2.75, 3.05) is 16.8 Å². The molecule has 0 unspecified atom stereocenters. The Kier molecular flexibility index (Phi) is 3.06. The third-order valence-electron chi connectivity index (χ3n) is 2.30. The topological polar surface area (TPSA) is 64.1 Å². The summed E-state index contributed by atoms with van der Waals surface area (Å²) in [6.45, 7) is 0. The van der Waals surface area contributed by atoms with Gasteiger partial charge in [-0.05, 0) is 36.4 Å². The molecule has 0 atom stereocenters. The SMILES string of the molecule is Nc1ccc(Nc2ccc(Cl)c(F)c2)cc1N. The predicted octanol–water partition coefficient (Wildman–Crippen LogP) is 3.39. The van der Waals surface area contributed by atoms with Gasteiger partial charge in [0.15, 0.2) is 0 Å². The fraction of sp³-hybridized carbons (Fsp3) is 0. The summed E-state index contributed by atoms with van der Waals surface area (Å²) < 4.78 is 13.2. The Morgan fingerprint density at radius 2 is 1.59 bits per heavy atom. The van der Waals surface area contributed by atoms with Crippen LogP contribution in [0.25, 0.3) is 0 Å². The molecule has 0 aliphatic rings. The van der Waals surface area contributed by atoms with Crippen LogP contribution in [0, 0.1) is 5.82 Å². The van der Waals surface area contributed by atoms with E-state index in [9.17, 15) is 4.39 Å². The van der Waals surface area contributed by atoms with Gasteiger partial charge in [0.05, 0.1) is 16.4 Å². The monoisotopic (exact) mass is 251 g/mol. The molecule has 5 heteroatoms. The number of rotatable bonds is 2. The Balaban J connectivity index is 2.25. The van der Waals surface area contributed by atoms with Crippen LogP contribution in [0.1, 0.15) is 0 Å². The highest BCUT2D eigenvalue weighted by Crippen LogP contribution is 2.25. The third-order valence-corrected chi connectivity index (χ3v) is 2.60. The van der Waals surface area contributed by atoms with E-state index in [1.165, 1.54) is 12.1 Å². The number of nitrogens with two attached hydrogens (primary N) is 2. The van der Waals surface area contributed by atoms with Crippen LogP contribution < -0.4 is 16.8 Å². The van der Waals surface area contributed by atoms with Crippen molar-refractivity contribution < 1.29 is 4.39 Å². The van der Waals surface area contributed by atoms with E-state index in [1.54, 1.807) is 24.3 Å². The Hall–Kier alpha value is -1.94. The maximum atomic E-state index is 13.2. The van der Waals surface area contributed by atoms with Crippen LogP contribution in [0.15, 0.2) is 36.4 Å². The van der Waals surface area contributed by atoms with Crippen LogP contribution >= 0.6 is 11.6 Å². The third kappa shape index (κ3) is 2.60. The molecule has 0 aliphatic carbocycles. The van der Waals surface area contributed by atoms with Gasteiger partial charge in [-0.2, -0.15) is 0 Å². The predicted molar refractivity (Wildman–Crippen MR) is 70.0 cm³/mol. The van der Waals surface area contributed by atoms with Gasteiger partial charge in [-0.15, -0.1) is 0 Å². The number of halogens is 2. The number of nitrogen functional groups attached to an aromatic ring is 2. The van der Waals surface area contributed by atoms with Gasteiger partial charge in [0.25, 0.3) is 0 Å². The molecule has 0 fully saturated rings. The van der Waals surface area contributed by atoms with Crippen molar-refractivity contribution in [3.8, 4) is 0 Å². The van der Waals surface area contributed by atoms with Gasteiger partial charge in [-0.3, -0.25) is 0 Å². The standard InChI is InChI=1S/C12H11ClFN3/c13-9-3-1-7(5-10(9)14)17-8-2-4-11(15)12(16)6-8/h1-6,17H,15-16H2. The van der Waals surface area contributed by atoms with E-state index in [4.69, 9.17) is 23.1 Å². The van der Waals surface area contributed by atoms with E-state index in [2.05, 4.69) is 5.32 Å². The average molecular weight is 252 g/mol. The minimum Gasteiger partial charge on any atom is -0.397 e. The lowest BCUT2D eigenvalue weighted by atomic mass is 10.2. The molecule has 3 nitrogen and oxygen atoms in total. The highest BCUT2D eigenvalue weighted by Gasteiger charge is 2.02.